The highest BCUT2D eigenvalue weighted by Gasteiger charge is 2.44. The van der Waals surface area contributed by atoms with Gasteiger partial charge in [0, 0.05) is 74.6 Å². The Morgan fingerprint density at radius 2 is 0.975 bits per heavy atom. The molecule has 79 heavy (non-hydrogen) atoms. The van der Waals surface area contributed by atoms with Crippen LogP contribution in [0.3, 0.4) is 0 Å². The Labute approximate surface area is 472 Å². The van der Waals surface area contributed by atoms with Crippen molar-refractivity contribution < 1.29 is 28.8 Å². The topological polar surface area (TPSA) is 127 Å². The number of carbonyl (C=O) groups excluding carboxylic acids is 6. The van der Waals surface area contributed by atoms with Gasteiger partial charge in [-0.05, 0) is 128 Å². The number of carbonyl (C=O) groups is 6. The van der Waals surface area contributed by atoms with Crippen molar-refractivity contribution in [2.75, 3.05) is 39.3 Å². The number of amides is 5. The van der Waals surface area contributed by atoms with Crippen molar-refractivity contribution in [1.29, 1.82) is 0 Å². The van der Waals surface area contributed by atoms with Crippen LogP contribution < -0.4 is 5.32 Å². The highest BCUT2D eigenvalue weighted by atomic mass is 16.2. The van der Waals surface area contributed by atoms with E-state index in [0.717, 1.165) is 92.9 Å². The third-order valence-corrected chi connectivity index (χ3v) is 18.7. The molecule has 4 aromatic carbocycles. The van der Waals surface area contributed by atoms with E-state index in [4.69, 9.17) is 0 Å². The van der Waals surface area contributed by atoms with E-state index in [-0.39, 0.29) is 88.8 Å². The summed E-state index contributed by atoms with van der Waals surface area (Å²) in [5.74, 6) is 0.0485. The Balaban J connectivity index is 0.989. The van der Waals surface area contributed by atoms with E-state index in [1.807, 2.05) is 132 Å². The Bertz CT molecular complexity index is 2630. The number of Topliss-reactive ketones (excluding diaryl/α,β-unsaturated/α-hetero) is 1. The summed E-state index contributed by atoms with van der Waals surface area (Å²) in [6, 6.07) is 34.9. The first-order valence-corrected chi connectivity index (χ1v) is 30.5. The predicted molar refractivity (Wildman–Crippen MR) is 315 cm³/mol. The highest BCUT2D eigenvalue weighted by molar-refractivity contribution is 5.96. The van der Waals surface area contributed by atoms with Crippen LogP contribution in [0.15, 0.2) is 109 Å². The molecule has 4 aliphatic rings. The van der Waals surface area contributed by atoms with Crippen LogP contribution in [-0.2, 0) is 32.0 Å². The van der Waals surface area contributed by atoms with E-state index in [2.05, 4.69) is 43.4 Å². The molecule has 0 aromatic heterocycles. The Morgan fingerprint density at radius 1 is 0.544 bits per heavy atom. The van der Waals surface area contributed by atoms with Gasteiger partial charge in [-0.2, -0.15) is 0 Å². The van der Waals surface area contributed by atoms with Crippen molar-refractivity contribution in [3.63, 3.8) is 0 Å². The normalized spacial score (nSPS) is 21.1. The van der Waals surface area contributed by atoms with Gasteiger partial charge < -0.3 is 24.9 Å². The van der Waals surface area contributed by atoms with E-state index < -0.39 is 6.04 Å². The zero-order valence-corrected chi connectivity index (χ0v) is 48.5. The second-order valence-corrected chi connectivity index (χ2v) is 24.4. The number of rotatable bonds is 23. The molecule has 0 radical (unpaired) electrons. The molecular weight excluding hydrogens is 983 g/mol. The van der Waals surface area contributed by atoms with Crippen LogP contribution in [0, 0.1) is 41.4 Å². The van der Waals surface area contributed by atoms with Gasteiger partial charge in [0.05, 0.1) is 12.1 Å². The van der Waals surface area contributed by atoms with Crippen LogP contribution >= 0.6 is 0 Å². The van der Waals surface area contributed by atoms with Gasteiger partial charge in [-0.25, -0.2) is 0 Å². The molecule has 11 nitrogen and oxygen atoms in total. The standard InChI is InChI=1S/C68H91N5O6/c1-7-48(4)64(75)69-63(56-26-18-11-19-27-56)68(79)73-43-37-50(6)61(73)46-71(41-39-52-22-14-9-15-23-52)66(77)58-34-30-54(31-35-58)53-28-32-57(33-29-53)65(76)70(40-38-51-20-12-8-13-21-51)45-60-49(5)36-42-72(60)67(78)59(44-62(74)47(2)3)55-24-16-10-17-25-55/h8-9,12-15,20-23,28-35,47-50,55-56,59-61,63H,7,10-11,16-19,24-27,36-46H2,1-6H3,(H,69,75)/t48-,49+,50+,59+,60-,61-,63+/m1/s1. The molecule has 1 N–H and O–H groups in total. The minimum absolute atomic E-state index is 0.0119. The number of ketones is 1. The molecular formula is C68H91N5O6. The molecule has 4 fully saturated rings. The lowest BCUT2D eigenvalue weighted by Crippen LogP contribution is -2.56. The molecule has 5 amide bonds. The molecule has 4 aromatic rings. The van der Waals surface area contributed by atoms with E-state index in [1.54, 1.807) is 0 Å². The number of benzene rings is 4. The molecule has 2 aliphatic heterocycles. The number of likely N-dealkylation sites (tertiary alicyclic amines) is 2. The average Bonchev–Trinajstić information content (AvgIpc) is 4.16. The molecule has 2 aliphatic carbocycles. The molecule has 11 heteroatoms. The van der Waals surface area contributed by atoms with E-state index in [1.165, 1.54) is 6.42 Å². The largest absolute Gasteiger partial charge is 0.344 e. The summed E-state index contributed by atoms with van der Waals surface area (Å²) < 4.78 is 0. The Morgan fingerprint density at radius 3 is 1.41 bits per heavy atom. The molecule has 0 bridgehead atoms. The lowest BCUT2D eigenvalue weighted by molar-refractivity contribution is -0.142. The second kappa shape index (κ2) is 28.4. The fraction of sp³-hybridized carbons (Fsp3) is 0.559. The fourth-order valence-corrected chi connectivity index (χ4v) is 13.1. The first-order chi connectivity index (χ1) is 38.2. The zero-order chi connectivity index (χ0) is 56.0. The third-order valence-electron chi connectivity index (χ3n) is 18.7. The van der Waals surface area contributed by atoms with Crippen LogP contribution in [0.5, 0.6) is 0 Å². The summed E-state index contributed by atoms with van der Waals surface area (Å²) in [6.07, 6.45) is 14.5. The Kier molecular flexibility index (Phi) is 21.2. The van der Waals surface area contributed by atoms with E-state index in [0.29, 0.717) is 76.1 Å². The van der Waals surface area contributed by atoms with Crippen molar-refractivity contribution in [3.8, 4) is 11.1 Å². The summed E-state index contributed by atoms with van der Waals surface area (Å²) in [4.78, 5) is 93.7. The van der Waals surface area contributed by atoms with Gasteiger partial charge in [-0.1, -0.05) is 165 Å². The fourth-order valence-electron chi connectivity index (χ4n) is 13.1. The number of hydrogen-bond acceptors (Lipinski definition) is 6. The molecule has 424 valence electrons. The van der Waals surface area contributed by atoms with Crippen LogP contribution in [-0.4, -0.2) is 112 Å². The maximum absolute atomic E-state index is 14.8. The summed E-state index contributed by atoms with van der Waals surface area (Å²) in [7, 11) is 0. The lowest BCUT2D eigenvalue weighted by atomic mass is 9.76. The van der Waals surface area contributed by atoms with Gasteiger partial charge in [0.1, 0.15) is 11.8 Å². The van der Waals surface area contributed by atoms with Crippen molar-refractivity contribution in [2.24, 2.45) is 41.4 Å². The van der Waals surface area contributed by atoms with Gasteiger partial charge >= 0.3 is 0 Å². The summed E-state index contributed by atoms with van der Waals surface area (Å²) in [6.45, 7) is 15.2. The molecule has 2 saturated heterocycles. The SMILES string of the molecule is CC[C@@H](C)C(=O)N[C@H](C(=O)N1CC[C@H](C)[C@H]1CN(CCc1ccccc1)C(=O)c1ccc(-c2ccc(C(=O)N(CCc3ccccc3)C[C@@H]3[C@@H](C)CCN3C(=O)[C@@H](CC(=O)C(C)C)C3CCCCC3)cc2)cc1)C1CCCCC1. The highest BCUT2D eigenvalue weighted by Crippen LogP contribution is 2.37. The van der Waals surface area contributed by atoms with Crippen LogP contribution in [0.4, 0.5) is 0 Å². The van der Waals surface area contributed by atoms with Crippen LogP contribution in [0.2, 0.25) is 0 Å². The molecule has 8 rings (SSSR count). The lowest BCUT2D eigenvalue weighted by Gasteiger charge is -2.38. The molecule has 0 unspecified atom stereocenters. The summed E-state index contributed by atoms with van der Waals surface area (Å²) >= 11 is 0. The smallest absolute Gasteiger partial charge is 0.253 e. The van der Waals surface area contributed by atoms with Gasteiger partial charge in [0.2, 0.25) is 17.7 Å². The summed E-state index contributed by atoms with van der Waals surface area (Å²) in [5.41, 5.74) is 5.24. The number of nitrogens with one attached hydrogen (secondary N) is 1. The second-order valence-electron chi connectivity index (χ2n) is 24.4. The van der Waals surface area contributed by atoms with E-state index in [9.17, 15) is 28.8 Å². The average molecular weight is 1070 g/mol. The molecule has 7 atom stereocenters. The van der Waals surface area contributed by atoms with Crippen molar-refractivity contribution in [2.45, 2.75) is 162 Å². The third kappa shape index (κ3) is 15.2. The number of hydrogen-bond donors (Lipinski definition) is 1. The van der Waals surface area contributed by atoms with Gasteiger partial charge in [0.15, 0.2) is 0 Å². The quantitative estimate of drug-likeness (QED) is 0.0788. The first-order valence-electron chi connectivity index (χ1n) is 30.5. The predicted octanol–water partition coefficient (Wildman–Crippen LogP) is 12.1. The summed E-state index contributed by atoms with van der Waals surface area (Å²) in [5, 5.41) is 3.23. The maximum atomic E-state index is 14.8. The van der Waals surface area contributed by atoms with Gasteiger partial charge in [-0.3, -0.25) is 28.8 Å². The van der Waals surface area contributed by atoms with Crippen molar-refractivity contribution >= 4 is 35.3 Å². The van der Waals surface area contributed by atoms with Gasteiger partial charge in [-0.15, -0.1) is 0 Å². The van der Waals surface area contributed by atoms with Crippen LogP contribution in [0.25, 0.3) is 11.1 Å². The minimum atomic E-state index is -0.567. The zero-order valence-electron chi connectivity index (χ0n) is 48.5. The Hall–Kier alpha value is -6.10. The van der Waals surface area contributed by atoms with Crippen molar-refractivity contribution in [3.05, 3.63) is 131 Å². The monoisotopic (exact) mass is 1070 g/mol. The first kappa shape index (κ1) is 59.0. The number of nitrogens with zero attached hydrogens (tertiary/aromatic N) is 4. The maximum Gasteiger partial charge on any atom is 0.253 e. The molecule has 2 heterocycles. The van der Waals surface area contributed by atoms with Gasteiger partial charge in [0.25, 0.3) is 11.8 Å². The van der Waals surface area contributed by atoms with Crippen molar-refractivity contribution in [1.82, 2.24) is 24.9 Å². The van der Waals surface area contributed by atoms with Crippen LogP contribution in [0.1, 0.15) is 163 Å². The van der Waals surface area contributed by atoms with E-state index >= 15 is 0 Å². The molecule has 2 saturated carbocycles. The minimum Gasteiger partial charge on any atom is -0.344 e. The molecule has 0 spiro atoms.